The molecule has 0 radical (unpaired) electrons. The highest BCUT2D eigenvalue weighted by Gasteiger charge is 2.16. The summed E-state index contributed by atoms with van der Waals surface area (Å²) < 4.78 is 12.8. The lowest BCUT2D eigenvalue weighted by Crippen LogP contribution is -2.49. The summed E-state index contributed by atoms with van der Waals surface area (Å²) in [5.74, 6) is -0.189. The van der Waals surface area contributed by atoms with Crippen LogP contribution in [0.25, 0.3) is 0 Å². The smallest absolute Gasteiger partial charge is 0.123 e. The molecule has 2 N–H and O–H groups in total. The van der Waals surface area contributed by atoms with Crippen molar-refractivity contribution in [2.75, 3.05) is 39.8 Å². The van der Waals surface area contributed by atoms with Crippen LogP contribution in [0.2, 0.25) is 0 Å². The average molecular weight is 251 g/mol. The number of benzene rings is 1. The van der Waals surface area contributed by atoms with E-state index in [0.717, 1.165) is 44.7 Å². The van der Waals surface area contributed by atoms with Gasteiger partial charge in [-0.1, -0.05) is 12.1 Å². The number of piperazine rings is 1. The number of nitrogens with zero attached hydrogens (tertiary/aromatic N) is 2. The molecule has 0 aromatic heterocycles. The zero-order valence-corrected chi connectivity index (χ0v) is 11.0. The SMILES string of the molecule is CN1CCN(CC(N)Cc2ccc(F)cc2)CC1. The van der Waals surface area contributed by atoms with Crippen molar-refractivity contribution in [1.29, 1.82) is 0 Å². The molecule has 18 heavy (non-hydrogen) atoms. The quantitative estimate of drug-likeness (QED) is 0.864. The maximum absolute atomic E-state index is 12.8. The maximum atomic E-state index is 12.8. The van der Waals surface area contributed by atoms with E-state index in [2.05, 4.69) is 16.8 Å². The van der Waals surface area contributed by atoms with E-state index in [9.17, 15) is 4.39 Å². The molecule has 0 saturated carbocycles. The highest BCUT2D eigenvalue weighted by atomic mass is 19.1. The molecule has 0 aliphatic carbocycles. The van der Waals surface area contributed by atoms with E-state index in [4.69, 9.17) is 5.73 Å². The fourth-order valence-electron chi connectivity index (χ4n) is 2.35. The topological polar surface area (TPSA) is 32.5 Å². The van der Waals surface area contributed by atoms with Crippen LogP contribution in [0, 0.1) is 5.82 Å². The molecular formula is C14H22FN3. The largest absolute Gasteiger partial charge is 0.326 e. The molecule has 0 bridgehead atoms. The van der Waals surface area contributed by atoms with Crippen molar-refractivity contribution < 1.29 is 4.39 Å². The van der Waals surface area contributed by atoms with Crippen molar-refractivity contribution in [2.24, 2.45) is 5.73 Å². The third-order valence-corrected chi connectivity index (χ3v) is 3.50. The van der Waals surface area contributed by atoms with Crippen molar-refractivity contribution in [3.63, 3.8) is 0 Å². The summed E-state index contributed by atoms with van der Waals surface area (Å²) in [5.41, 5.74) is 7.27. The van der Waals surface area contributed by atoms with E-state index >= 15 is 0 Å². The van der Waals surface area contributed by atoms with Crippen LogP contribution in [-0.2, 0) is 6.42 Å². The van der Waals surface area contributed by atoms with Crippen molar-refractivity contribution in [3.05, 3.63) is 35.6 Å². The molecule has 100 valence electrons. The number of rotatable bonds is 4. The minimum Gasteiger partial charge on any atom is -0.326 e. The zero-order chi connectivity index (χ0) is 13.0. The minimum absolute atomic E-state index is 0.124. The van der Waals surface area contributed by atoms with Crippen LogP contribution in [-0.4, -0.2) is 55.6 Å². The summed E-state index contributed by atoms with van der Waals surface area (Å²) in [6, 6.07) is 6.76. The van der Waals surface area contributed by atoms with Crippen LogP contribution in [0.5, 0.6) is 0 Å². The van der Waals surface area contributed by atoms with Crippen LogP contribution in [0.4, 0.5) is 4.39 Å². The Hall–Kier alpha value is -0.970. The van der Waals surface area contributed by atoms with Crippen molar-refractivity contribution in [1.82, 2.24) is 9.80 Å². The summed E-state index contributed by atoms with van der Waals surface area (Å²) in [6.07, 6.45) is 0.812. The van der Waals surface area contributed by atoms with Gasteiger partial charge in [0.2, 0.25) is 0 Å². The molecule has 1 aromatic carbocycles. The highest BCUT2D eigenvalue weighted by Crippen LogP contribution is 2.07. The van der Waals surface area contributed by atoms with Crippen LogP contribution in [0.1, 0.15) is 5.56 Å². The Morgan fingerprint density at radius 3 is 2.39 bits per heavy atom. The molecule has 1 atom stereocenters. The van der Waals surface area contributed by atoms with Gasteiger partial charge in [-0.05, 0) is 31.2 Å². The average Bonchev–Trinajstić information content (AvgIpc) is 2.35. The van der Waals surface area contributed by atoms with Gasteiger partial charge in [-0.15, -0.1) is 0 Å². The molecule has 2 rings (SSSR count). The van der Waals surface area contributed by atoms with Gasteiger partial charge in [0, 0.05) is 38.8 Å². The summed E-state index contributed by atoms with van der Waals surface area (Å²) in [4.78, 5) is 4.75. The number of hydrogen-bond donors (Lipinski definition) is 1. The summed E-state index contributed by atoms with van der Waals surface area (Å²) in [6.45, 7) is 5.33. The predicted molar refractivity (Wildman–Crippen MR) is 72.0 cm³/mol. The standard InChI is InChI=1S/C14H22FN3/c1-17-6-8-18(9-7-17)11-14(16)10-12-2-4-13(15)5-3-12/h2-5,14H,6-11,16H2,1H3. The summed E-state index contributed by atoms with van der Waals surface area (Å²) >= 11 is 0. The van der Waals surface area contributed by atoms with Gasteiger partial charge in [0.25, 0.3) is 0 Å². The minimum atomic E-state index is -0.189. The first-order chi connectivity index (χ1) is 8.63. The Labute approximate surface area is 108 Å². The fraction of sp³-hybridized carbons (Fsp3) is 0.571. The van der Waals surface area contributed by atoms with Crippen LogP contribution < -0.4 is 5.73 Å². The lowest BCUT2D eigenvalue weighted by molar-refractivity contribution is 0.147. The van der Waals surface area contributed by atoms with E-state index in [-0.39, 0.29) is 11.9 Å². The van der Waals surface area contributed by atoms with Gasteiger partial charge >= 0.3 is 0 Å². The zero-order valence-electron chi connectivity index (χ0n) is 11.0. The molecule has 1 fully saturated rings. The Morgan fingerprint density at radius 2 is 1.78 bits per heavy atom. The predicted octanol–water partition coefficient (Wildman–Crippen LogP) is 0.943. The molecule has 3 nitrogen and oxygen atoms in total. The summed E-state index contributed by atoms with van der Waals surface area (Å²) in [5, 5.41) is 0. The molecule has 1 unspecified atom stereocenters. The second-order valence-electron chi connectivity index (χ2n) is 5.19. The monoisotopic (exact) mass is 251 g/mol. The molecule has 1 heterocycles. The van der Waals surface area contributed by atoms with E-state index in [0.29, 0.717) is 0 Å². The first kappa shape index (κ1) is 13.5. The molecule has 0 amide bonds. The van der Waals surface area contributed by atoms with Gasteiger partial charge in [0.05, 0.1) is 0 Å². The molecular weight excluding hydrogens is 229 g/mol. The first-order valence-corrected chi connectivity index (χ1v) is 6.54. The Bertz CT molecular complexity index is 358. The molecule has 1 saturated heterocycles. The van der Waals surface area contributed by atoms with E-state index in [1.165, 1.54) is 12.1 Å². The molecule has 0 spiro atoms. The van der Waals surface area contributed by atoms with Gasteiger partial charge in [-0.2, -0.15) is 0 Å². The van der Waals surface area contributed by atoms with Gasteiger partial charge in [-0.25, -0.2) is 4.39 Å². The number of halogens is 1. The Kier molecular flexibility index (Phi) is 4.69. The number of hydrogen-bond acceptors (Lipinski definition) is 3. The number of likely N-dealkylation sites (N-methyl/N-ethyl adjacent to an activating group) is 1. The molecule has 4 heteroatoms. The van der Waals surface area contributed by atoms with Gasteiger partial charge < -0.3 is 10.6 Å². The lowest BCUT2D eigenvalue weighted by atomic mass is 10.1. The third kappa shape index (κ3) is 4.05. The van der Waals surface area contributed by atoms with Gasteiger partial charge in [0.15, 0.2) is 0 Å². The van der Waals surface area contributed by atoms with Crippen LogP contribution in [0.15, 0.2) is 24.3 Å². The Morgan fingerprint density at radius 1 is 1.17 bits per heavy atom. The number of nitrogens with two attached hydrogens (primary N) is 1. The normalized spacial score (nSPS) is 19.9. The third-order valence-electron chi connectivity index (χ3n) is 3.50. The van der Waals surface area contributed by atoms with Crippen molar-refractivity contribution in [2.45, 2.75) is 12.5 Å². The first-order valence-electron chi connectivity index (χ1n) is 6.54. The van der Waals surface area contributed by atoms with Gasteiger partial charge in [0.1, 0.15) is 5.82 Å². The van der Waals surface area contributed by atoms with Crippen LogP contribution in [0.3, 0.4) is 0 Å². The van der Waals surface area contributed by atoms with Gasteiger partial charge in [-0.3, -0.25) is 4.90 Å². The van der Waals surface area contributed by atoms with Crippen molar-refractivity contribution in [3.8, 4) is 0 Å². The Balaban J connectivity index is 1.78. The molecule has 1 aliphatic rings. The van der Waals surface area contributed by atoms with E-state index in [1.54, 1.807) is 0 Å². The fourth-order valence-corrected chi connectivity index (χ4v) is 2.35. The summed E-state index contributed by atoms with van der Waals surface area (Å²) in [7, 11) is 2.15. The van der Waals surface area contributed by atoms with Crippen molar-refractivity contribution >= 4 is 0 Å². The van der Waals surface area contributed by atoms with E-state index < -0.39 is 0 Å². The maximum Gasteiger partial charge on any atom is 0.123 e. The second-order valence-corrected chi connectivity index (χ2v) is 5.19. The molecule has 1 aromatic rings. The lowest BCUT2D eigenvalue weighted by Gasteiger charge is -2.33. The van der Waals surface area contributed by atoms with E-state index in [1.807, 2.05) is 12.1 Å². The molecule has 1 aliphatic heterocycles. The van der Waals surface area contributed by atoms with Crippen LogP contribution >= 0.6 is 0 Å². The highest BCUT2D eigenvalue weighted by molar-refractivity contribution is 5.17. The second kappa shape index (κ2) is 6.27.